The lowest BCUT2D eigenvalue weighted by atomic mass is 9.78. The molecule has 1 N–H and O–H groups in total. The highest BCUT2D eigenvalue weighted by molar-refractivity contribution is 5.89. The molecule has 0 radical (unpaired) electrons. The second-order valence-electron chi connectivity index (χ2n) is 8.10. The van der Waals surface area contributed by atoms with Crippen LogP contribution in [0.4, 0.5) is 19.0 Å². The summed E-state index contributed by atoms with van der Waals surface area (Å²) in [5, 5.41) is 13.4. The van der Waals surface area contributed by atoms with Gasteiger partial charge in [0.05, 0.1) is 23.1 Å². The summed E-state index contributed by atoms with van der Waals surface area (Å²) in [5.74, 6) is -0.749. The zero-order chi connectivity index (χ0) is 23.8. The second kappa shape index (κ2) is 8.83. The fourth-order valence-electron chi connectivity index (χ4n) is 4.28. The van der Waals surface area contributed by atoms with Crippen molar-refractivity contribution in [1.82, 2.24) is 14.5 Å². The van der Waals surface area contributed by atoms with Gasteiger partial charge in [0.15, 0.2) is 0 Å². The van der Waals surface area contributed by atoms with Crippen LogP contribution in [0.2, 0.25) is 0 Å². The van der Waals surface area contributed by atoms with E-state index in [1.807, 2.05) is 0 Å². The van der Waals surface area contributed by atoms with Gasteiger partial charge in [-0.3, -0.25) is 4.79 Å². The van der Waals surface area contributed by atoms with Crippen LogP contribution in [0.5, 0.6) is 0 Å². The smallest absolute Gasteiger partial charge is 0.277 e. The molecule has 0 saturated carbocycles. The van der Waals surface area contributed by atoms with Crippen molar-refractivity contribution >= 4 is 16.7 Å². The summed E-state index contributed by atoms with van der Waals surface area (Å²) in [6, 6.07) is 7.15. The summed E-state index contributed by atoms with van der Waals surface area (Å²) in [6.07, 6.45) is -0.871. The molecule has 3 aromatic rings. The minimum Gasteiger partial charge on any atom is -0.381 e. The highest BCUT2D eigenvalue weighted by Gasteiger charge is 2.37. The highest BCUT2D eigenvalue weighted by atomic mass is 19.3. The number of anilines is 1. The number of alkyl halides is 2. The number of fused-ring (bicyclic) bond motifs is 1. The van der Waals surface area contributed by atoms with Gasteiger partial charge in [-0.25, -0.2) is 23.1 Å². The zero-order valence-corrected chi connectivity index (χ0v) is 18.1. The molecule has 0 spiro atoms. The highest BCUT2D eigenvalue weighted by Crippen LogP contribution is 2.36. The van der Waals surface area contributed by atoms with Crippen LogP contribution in [-0.2, 0) is 17.2 Å². The SMILES string of the molecule is C[C@@H](Nc1ncnc2c(=O)n(C)c(C3(C#N)CCOCC3)cc12)c1cccc(C(F)F)c1F. The van der Waals surface area contributed by atoms with Crippen molar-refractivity contribution in [1.29, 1.82) is 5.26 Å². The third kappa shape index (κ3) is 3.93. The van der Waals surface area contributed by atoms with E-state index >= 15 is 0 Å². The summed E-state index contributed by atoms with van der Waals surface area (Å²) < 4.78 is 47.7. The average molecular weight is 457 g/mol. The number of nitriles is 1. The Balaban J connectivity index is 1.82. The predicted octanol–water partition coefficient (Wildman–Crippen LogP) is 4.15. The number of halogens is 3. The Hall–Kier alpha value is -3.45. The first-order chi connectivity index (χ1) is 15.8. The van der Waals surface area contributed by atoms with Crippen molar-refractivity contribution in [3.8, 4) is 6.07 Å². The van der Waals surface area contributed by atoms with E-state index in [1.165, 1.54) is 23.0 Å². The fourth-order valence-corrected chi connectivity index (χ4v) is 4.28. The van der Waals surface area contributed by atoms with E-state index in [0.717, 1.165) is 6.07 Å². The van der Waals surface area contributed by atoms with Gasteiger partial charge in [-0.2, -0.15) is 5.26 Å². The van der Waals surface area contributed by atoms with E-state index in [1.54, 1.807) is 20.0 Å². The van der Waals surface area contributed by atoms with Crippen LogP contribution in [-0.4, -0.2) is 27.7 Å². The number of ether oxygens (including phenoxy) is 1. The molecule has 3 heterocycles. The molecule has 1 aliphatic heterocycles. The summed E-state index contributed by atoms with van der Waals surface area (Å²) in [6.45, 7) is 2.40. The van der Waals surface area contributed by atoms with Crippen LogP contribution in [0, 0.1) is 17.1 Å². The largest absolute Gasteiger partial charge is 0.381 e. The normalized spacial score (nSPS) is 16.5. The van der Waals surface area contributed by atoms with Gasteiger partial charge in [0, 0.05) is 31.5 Å². The molecule has 33 heavy (non-hydrogen) atoms. The minimum absolute atomic E-state index is 0.0431. The molecule has 10 heteroatoms. The van der Waals surface area contributed by atoms with Gasteiger partial charge in [0.2, 0.25) is 0 Å². The number of hydrogen-bond acceptors (Lipinski definition) is 6. The third-order valence-corrected chi connectivity index (χ3v) is 6.20. The molecule has 1 saturated heterocycles. The Bertz CT molecular complexity index is 1300. The fraction of sp³-hybridized carbons (Fsp3) is 0.391. The standard InChI is InChI=1S/C23H22F3N5O2/c1-13(14-4-3-5-15(18(14)24)20(25)26)30-21-16-10-17(23(11-27)6-8-33-9-7-23)31(2)22(32)19(16)28-12-29-21/h3-5,10,12-13,20H,6-9H2,1-2H3,(H,28,29,30)/t13-/m1/s1. The van der Waals surface area contributed by atoms with Crippen LogP contribution < -0.4 is 10.9 Å². The molecule has 1 aliphatic rings. The van der Waals surface area contributed by atoms with Crippen LogP contribution in [0.15, 0.2) is 35.4 Å². The maximum atomic E-state index is 14.7. The van der Waals surface area contributed by atoms with E-state index in [-0.39, 0.29) is 16.9 Å². The quantitative estimate of drug-likeness (QED) is 0.619. The molecule has 0 bridgehead atoms. The molecule has 0 amide bonds. The Morgan fingerprint density at radius 3 is 2.61 bits per heavy atom. The molecule has 1 fully saturated rings. The maximum absolute atomic E-state index is 14.7. The van der Waals surface area contributed by atoms with Crippen LogP contribution in [0.3, 0.4) is 0 Å². The first-order valence-electron chi connectivity index (χ1n) is 10.5. The van der Waals surface area contributed by atoms with Crippen molar-refractivity contribution in [2.75, 3.05) is 18.5 Å². The van der Waals surface area contributed by atoms with Gasteiger partial charge in [0.1, 0.15) is 28.9 Å². The van der Waals surface area contributed by atoms with Crippen molar-refractivity contribution in [2.45, 2.75) is 37.6 Å². The number of hydrogen-bond donors (Lipinski definition) is 1. The molecule has 1 aromatic carbocycles. The van der Waals surface area contributed by atoms with Crippen LogP contribution in [0.25, 0.3) is 10.9 Å². The average Bonchev–Trinajstić information content (AvgIpc) is 2.82. The Labute approximate surface area is 187 Å². The number of rotatable bonds is 5. The number of benzene rings is 1. The van der Waals surface area contributed by atoms with Crippen molar-refractivity contribution in [2.24, 2.45) is 7.05 Å². The molecular formula is C23H22F3N5O2. The molecule has 172 valence electrons. The maximum Gasteiger partial charge on any atom is 0.277 e. The Kier molecular flexibility index (Phi) is 6.08. The Morgan fingerprint density at radius 2 is 1.94 bits per heavy atom. The van der Waals surface area contributed by atoms with Gasteiger partial charge >= 0.3 is 0 Å². The summed E-state index contributed by atoms with van der Waals surface area (Å²) in [5.41, 5.74) is -1.29. The number of pyridine rings is 1. The number of aromatic nitrogens is 3. The van der Waals surface area contributed by atoms with Crippen LogP contribution in [0.1, 0.15) is 49.1 Å². The lowest BCUT2D eigenvalue weighted by molar-refractivity contribution is 0.0654. The van der Waals surface area contributed by atoms with Gasteiger partial charge in [-0.1, -0.05) is 18.2 Å². The molecule has 7 nitrogen and oxygen atoms in total. The first-order valence-corrected chi connectivity index (χ1v) is 10.5. The van der Waals surface area contributed by atoms with Crippen LogP contribution >= 0.6 is 0 Å². The zero-order valence-electron chi connectivity index (χ0n) is 18.1. The first kappa shape index (κ1) is 22.7. The second-order valence-corrected chi connectivity index (χ2v) is 8.10. The van der Waals surface area contributed by atoms with E-state index in [0.29, 0.717) is 37.1 Å². The van der Waals surface area contributed by atoms with Gasteiger partial charge < -0.3 is 14.6 Å². The number of nitrogens with one attached hydrogen (secondary N) is 1. The van der Waals surface area contributed by atoms with E-state index in [2.05, 4.69) is 21.4 Å². The molecule has 4 rings (SSSR count). The number of nitrogens with zero attached hydrogens (tertiary/aromatic N) is 4. The van der Waals surface area contributed by atoms with Crippen molar-refractivity contribution < 1.29 is 17.9 Å². The predicted molar refractivity (Wildman–Crippen MR) is 116 cm³/mol. The minimum atomic E-state index is -2.94. The monoisotopic (exact) mass is 457 g/mol. The van der Waals surface area contributed by atoms with E-state index < -0.39 is 34.8 Å². The molecule has 2 aromatic heterocycles. The van der Waals surface area contributed by atoms with Crippen molar-refractivity contribution in [3.05, 3.63) is 63.6 Å². The summed E-state index contributed by atoms with van der Waals surface area (Å²) >= 11 is 0. The molecular weight excluding hydrogens is 435 g/mol. The molecule has 1 atom stereocenters. The Morgan fingerprint density at radius 1 is 1.24 bits per heavy atom. The summed E-state index contributed by atoms with van der Waals surface area (Å²) in [7, 11) is 1.59. The van der Waals surface area contributed by atoms with Gasteiger partial charge in [0.25, 0.3) is 12.0 Å². The molecule has 0 aliphatic carbocycles. The van der Waals surface area contributed by atoms with E-state index in [9.17, 15) is 23.2 Å². The summed E-state index contributed by atoms with van der Waals surface area (Å²) in [4.78, 5) is 21.4. The van der Waals surface area contributed by atoms with E-state index in [4.69, 9.17) is 4.74 Å². The van der Waals surface area contributed by atoms with Gasteiger partial charge in [-0.05, 0) is 25.8 Å². The third-order valence-electron chi connectivity index (χ3n) is 6.20. The van der Waals surface area contributed by atoms with Crippen molar-refractivity contribution in [3.63, 3.8) is 0 Å². The van der Waals surface area contributed by atoms with Gasteiger partial charge in [-0.15, -0.1) is 0 Å². The lowest BCUT2D eigenvalue weighted by Gasteiger charge is -2.32. The lowest BCUT2D eigenvalue weighted by Crippen LogP contribution is -2.38. The topological polar surface area (TPSA) is 92.8 Å². The molecule has 0 unspecified atom stereocenters.